The Hall–Kier alpha value is -0.340. The lowest BCUT2D eigenvalue weighted by Crippen LogP contribution is -2.38. The van der Waals surface area contributed by atoms with Crippen LogP contribution in [-0.4, -0.2) is 50.5 Å². The van der Waals surface area contributed by atoms with E-state index in [1.165, 1.54) is 5.57 Å². The minimum Gasteiger partial charge on any atom is -0.396 e. The van der Waals surface area contributed by atoms with Crippen LogP contribution in [0.5, 0.6) is 0 Å². The Balaban J connectivity index is 0.00000484. The Labute approximate surface area is 158 Å². The average Bonchev–Trinajstić information content (AvgIpc) is 2.54. The van der Waals surface area contributed by atoms with Gasteiger partial charge in [0.25, 0.3) is 0 Å². The molecule has 1 unspecified atom stereocenters. The van der Waals surface area contributed by atoms with Crippen LogP contribution in [0, 0.1) is 5.92 Å². The molecule has 0 aliphatic carbocycles. The summed E-state index contributed by atoms with van der Waals surface area (Å²) in [6.07, 6.45) is 7.38. The van der Waals surface area contributed by atoms with Crippen LogP contribution < -0.4 is 10.6 Å². The molecule has 0 fully saturated rings. The zero-order valence-corrected chi connectivity index (χ0v) is 17.0. The second-order valence-electron chi connectivity index (χ2n) is 5.75. The summed E-state index contributed by atoms with van der Waals surface area (Å²) in [4.78, 5) is 4.67. The highest BCUT2D eigenvalue weighted by Gasteiger charge is 2.08. The molecule has 3 N–H and O–H groups in total. The number of aliphatic hydroxyl groups is 1. The maximum absolute atomic E-state index is 9.12. The third-order valence-electron chi connectivity index (χ3n) is 3.88. The first-order valence-electron chi connectivity index (χ1n) is 8.68. The fraction of sp³-hybridized carbons (Fsp3) is 0.824. The lowest BCUT2D eigenvalue weighted by molar-refractivity contribution is 0.153. The van der Waals surface area contributed by atoms with Crippen LogP contribution in [-0.2, 0) is 4.74 Å². The van der Waals surface area contributed by atoms with Crippen LogP contribution >= 0.6 is 24.0 Å². The number of aliphatic imine (C=N–C) groups is 1. The second kappa shape index (κ2) is 15.2. The van der Waals surface area contributed by atoms with E-state index in [0.29, 0.717) is 5.92 Å². The van der Waals surface area contributed by atoms with E-state index < -0.39 is 0 Å². The first kappa shape index (κ1) is 22.7. The first-order chi connectivity index (χ1) is 10.8. The van der Waals surface area contributed by atoms with Crippen LogP contribution in [0.1, 0.15) is 46.0 Å². The predicted octanol–water partition coefficient (Wildman–Crippen LogP) is 2.70. The zero-order valence-electron chi connectivity index (χ0n) is 14.6. The summed E-state index contributed by atoms with van der Waals surface area (Å²) in [6, 6.07) is 0. The van der Waals surface area contributed by atoms with Crippen molar-refractivity contribution in [1.29, 1.82) is 0 Å². The summed E-state index contributed by atoms with van der Waals surface area (Å²) in [5.41, 5.74) is 1.47. The van der Waals surface area contributed by atoms with Gasteiger partial charge in [0.05, 0.1) is 13.2 Å². The van der Waals surface area contributed by atoms with Gasteiger partial charge in [0.1, 0.15) is 0 Å². The lowest BCUT2D eigenvalue weighted by atomic mass is 10.0. The smallest absolute Gasteiger partial charge is 0.191 e. The van der Waals surface area contributed by atoms with Gasteiger partial charge in [-0.05, 0) is 38.5 Å². The van der Waals surface area contributed by atoms with E-state index in [4.69, 9.17) is 9.84 Å². The number of hydrogen-bond donors (Lipinski definition) is 3. The summed E-state index contributed by atoms with van der Waals surface area (Å²) >= 11 is 0. The maximum atomic E-state index is 9.12. The van der Waals surface area contributed by atoms with E-state index in [9.17, 15) is 0 Å². The Morgan fingerprint density at radius 1 is 1.35 bits per heavy atom. The van der Waals surface area contributed by atoms with Crippen molar-refractivity contribution < 1.29 is 9.84 Å². The molecule has 6 heteroatoms. The van der Waals surface area contributed by atoms with E-state index in [-0.39, 0.29) is 30.6 Å². The Kier molecular flexibility index (Phi) is 15.0. The van der Waals surface area contributed by atoms with Gasteiger partial charge in [-0.2, -0.15) is 0 Å². The lowest BCUT2D eigenvalue weighted by Gasteiger charge is -2.17. The topological polar surface area (TPSA) is 65.9 Å². The summed E-state index contributed by atoms with van der Waals surface area (Å²) in [5, 5.41) is 15.8. The van der Waals surface area contributed by atoms with E-state index in [1.807, 2.05) is 0 Å². The molecule has 1 heterocycles. The highest BCUT2D eigenvalue weighted by molar-refractivity contribution is 14.0. The summed E-state index contributed by atoms with van der Waals surface area (Å²) < 4.78 is 5.32. The van der Waals surface area contributed by atoms with E-state index in [0.717, 1.165) is 70.9 Å². The van der Waals surface area contributed by atoms with E-state index >= 15 is 0 Å². The minimum atomic E-state index is 0. The first-order valence-corrected chi connectivity index (χ1v) is 8.68. The van der Waals surface area contributed by atoms with Crippen molar-refractivity contribution in [3.8, 4) is 0 Å². The van der Waals surface area contributed by atoms with Gasteiger partial charge < -0.3 is 20.5 Å². The van der Waals surface area contributed by atoms with Gasteiger partial charge in [-0.15, -0.1) is 24.0 Å². The largest absolute Gasteiger partial charge is 0.396 e. The number of aliphatic hydroxyl groups excluding tert-OH is 1. The van der Waals surface area contributed by atoms with Crippen molar-refractivity contribution in [2.75, 3.05) is 39.5 Å². The van der Waals surface area contributed by atoms with Crippen LogP contribution in [0.25, 0.3) is 0 Å². The van der Waals surface area contributed by atoms with Crippen LogP contribution in [0.2, 0.25) is 0 Å². The maximum Gasteiger partial charge on any atom is 0.191 e. The van der Waals surface area contributed by atoms with Gasteiger partial charge in [-0.1, -0.05) is 25.0 Å². The minimum absolute atomic E-state index is 0. The van der Waals surface area contributed by atoms with Crippen molar-refractivity contribution >= 4 is 29.9 Å². The Bertz CT molecular complexity index is 343. The van der Waals surface area contributed by atoms with Gasteiger partial charge >= 0.3 is 0 Å². The van der Waals surface area contributed by atoms with Gasteiger partial charge in [0.15, 0.2) is 5.96 Å². The van der Waals surface area contributed by atoms with Crippen LogP contribution in [0.15, 0.2) is 16.6 Å². The molecule has 0 saturated heterocycles. The second-order valence-corrected chi connectivity index (χ2v) is 5.75. The molecule has 0 saturated carbocycles. The molecule has 23 heavy (non-hydrogen) atoms. The van der Waals surface area contributed by atoms with Crippen LogP contribution in [0.4, 0.5) is 0 Å². The zero-order chi connectivity index (χ0) is 16.0. The number of rotatable bonds is 10. The molecule has 0 spiro atoms. The molecule has 0 amide bonds. The molecule has 0 bridgehead atoms. The molecule has 0 radical (unpaired) electrons. The summed E-state index contributed by atoms with van der Waals surface area (Å²) in [7, 11) is 0. The Morgan fingerprint density at radius 3 is 2.78 bits per heavy atom. The third kappa shape index (κ3) is 10.9. The van der Waals surface area contributed by atoms with Crippen LogP contribution in [0.3, 0.4) is 0 Å². The van der Waals surface area contributed by atoms with Crippen molar-refractivity contribution in [2.45, 2.75) is 46.0 Å². The fourth-order valence-corrected chi connectivity index (χ4v) is 2.61. The van der Waals surface area contributed by atoms with Gasteiger partial charge in [0.2, 0.25) is 0 Å². The Morgan fingerprint density at radius 2 is 2.17 bits per heavy atom. The molecule has 0 aromatic rings. The average molecular weight is 439 g/mol. The SMILES string of the molecule is CCCC(CCO)CN=C(NCC)NCCC1=CCOCC1.I. The highest BCUT2D eigenvalue weighted by atomic mass is 127. The van der Waals surface area contributed by atoms with Gasteiger partial charge in [-0.25, -0.2) is 0 Å². The fourth-order valence-electron chi connectivity index (χ4n) is 2.61. The normalized spacial score (nSPS) is 16.3. The number of halogens is 1. The van der Waals surface area contributed by atoms with Crippen molar-refractivity contribution in [2.24, 2.45) is 10.9 Å². The van der Waals surface area contributed by atoms with E-state index in [1.54, 1.807) is 0 Å². The number of nitrogens with one attached hydrogen (secondary N) is 2. The molecule has 1 aliphatic heterocycles. The van der Waals surface area contributed by atoms with Crippen molar-refractivity contribution in [1.82, 2.24) is 10.6 Å². The summed E-state index contributed by atoms with van der Waals surface area (Å²) in [5.74, 6) is 1.36. The molecular weight excluding hydrogens is 405 g/mol. The molecule has 1 rings (SSSR count). The quantitative estimate of drug-likeness (QED) is 0.212. The molecule has 1 atom stereocenters. The number of ether oxygens (including phenoxy) is 1. The van der Waals surface area contributed by atoms with Gasteiger partial charge in [-0.3, -0.25) is 4.99 Å². The standard InChI is InChI=1S/C17H33N3O2.HI/c1-3-5-16(7-11-21)14-20-17(18-4-2)19-10-6-15-8-12-22-13-9-15;/h8,16,21H,3-7,9-14H2,1-2H3,(H2,18,19,20);1H. The molecule has 0 aromatic carbocycles. The van der Waals surface area contributed by atoms with Gasteiger partial charge in [0, 0.05) is 26.2 Å². The number of hydrogen-bond acceptors (Lipinski definition) is 3. The van der Waals surface area contributed by atoms with Crippen molar-refractivity contribution in [3.63, 3.8) is 0 Å². The molecule has 0 aromatic heterocycles. The predicted molar refractivity (Wildman–Crippen MR) is 108 cm³/mol. The monoisotopic (exact) mass is 439 g/mol. The van der Waals surface area contributed by atoms with Crippen molar-refractivity contribution in [3.05, 3.63) is 11.6 Å². The highest BCUT2D eigenvalue weighted by Crippen LogP contribution is 2.12. The number of nitrogens with zero attached hydrogens (tertiary/aromatic N) is 1. The molecule has 5 nitrogen and oxygen atoms in total. The molecular formula is C17H34IN3O2. The third-order valence-corrected chi connectivity index (χ3v) is 3.88. The molecule has 1 aliphatic rings. The summed E-state index contributed by atoms with van der Waals surface area (Å²) in [6.45, 7) is 8.65. The van der Waals surface area contributed by atoms with E-state index in [2.05, 4.69) is 35.5 Å². The number of guanidine groups is 1. The molecule has 136 valence electrons.